The largest absolute Gasteiger partial charge is 1.00 e. The number of hydrogen-bond donors (Lipinski definition) is 3. The fourth-order valence-electron chi connectivity index (χ4n) is 0. The third-order valence-corrected chi connectivity index (χ3v) is 0.861. The molecule has 0 aromatic rings. The minimum Gasteiger partial charge on any atom is -1.00 e. The van der Waals surface area contributed by atoms with Crippen molar-refractivity contribution in [2.45, 2.75) is 0 Å². The molecule has 0 aliphatic rings. The normalized spacial score (nSPS) is 9.75. The molecule has 0 aliphatic carbocycles. The van der Waals surface area contributed by atoms with Crippen molar-refractivity contribution in [3.05, 3.63) is 0 Å². The molecule has 8 heavy (non-hydrogen) atoms. The summed E-state index contributed by atoms with van der Waals surface area (Å²) in [5.41, 5.74) is 2.58. The second kappa shape index (κ2) is 3.28. The third kappa shape index (κ3) is 4.38. The van der Waals surface area contributed by atoms with Gasteiger partial charge in [0.15, 0.2) is 0 Å². The first-order valence-corrected chi connectivity index (χ1v) is 2.91. The van der Waals surface area contributed by atoms with Crippen molar-refractivity contribution in [1.29, 1.82) is 0 Å². The topological polar surface area (TPSA) is 101 Å². The molecule has 0 aromatic carbocycles. The molecule has 0 saturated heterocycles. The van der Waals surface area contributed by atoms with Crippen LogP contribution in [0.15, 0.2) is 0 Å². The van der Waals surface area contributed by atoms with Gasteiger partial charge in [0.05, 0.1) is 0 Å². The standard InChI is InChI=1S/CH4NO4P.Li.H/c2-1(3)7(4,5)6;;/h(H2,2,3)(H2,4,5,6);;/q;+1;-1. The van der Waals surface area contributed by atoms with Crippen LogP contribution in [-0.4, -0.2) is 15.4 Å². The van der Waals surface area contributed by atoms with Crippen molar-refractivity contribution in [3.63, 3.8) is 0 Å². The van der Waals surface area contributed by atoms with Crippen LogP contribution in [0.1, 0.15) is 1.43 Å². The maximum Gasteiger partial charge on any atom is 1.00 e. The molecule has 1 amide bonds. The SMILES string of the molecule is NC(=O)P(=O)(O)O.[H-].[Li+]. The molecule has 0 radical (unpaired) electrons. The Morgan fingerprint density at radius 3 is 1.75 bits per heavy atom. The van der Waals surface area contributed by atoms with E-state index in [1.54, 1.807) is 0 Å². The zero-order chi connectivity index (χ0) is 6.08. The van der Waals surface area contributed by atoms with E-state index < -0.39 is 13.2 Å². The van der Waals surface area contributed by atoms with Crippen LogP contribution in [0, 0.1) is 0 Å². The number of carbonyl (C=O) groups is 1. The van der Waals surface area contributed by atoms with E-state index >= 15 is 0 Å². The van der Waals surface area contributed by atoms with E-state index in [9.17, 15) is 9.36 Å². The van der Waals surface area contributed by atoms with E-state index in [-0.39, 0.29) is 20.3 Å². The van der Waals surface area contributed by atoms with Gasteiger partial charge >= 0.3 is 32.1 Å². The van der Waals surface area contributed by atoms with E-state index in [4.69, 9.17) is 9.79 Å². The van der Waals surface area contributed by atoms with Crippen LogP contribution in [0.4, 0.5) is 4.79 Å². The molecule has 0 unspecified atom stereocenters. The van der Waals surface area contributed by atoms with Crippen LogP contribution < -0.4 is 24.6 Å². The van der Waals surface area contributed by atoms with Gasteiger partial charge in [-0.25, -0.2) is 4.57 Å². The molecule has 0 rings (SSSR count). The molecule has 0 bridgehead atoms. The molecule has 5 nitrogen and oxygen atoms in total. The van der Waals surface area contributed by atoms with Crippen molar-refractivity contribution in [2.24, 2.45) is 5.73 Å². The van der Waals surface area contributed by atoms with Gasteiger partial charge in [-0.1, -0.05) is 0 Å². The molecule has 0 spiro atoms. The summed E-state index contributed by atoms with van der Waals surface area (Å²) in [7, 11) is -4.60. The van der Waals surface area contributed by atoms with Crippen molar-refractivity contribution in [2.75, 3.05) is 0 Å². The van der Waals surface area contributed by atoms with E-state index in [0.29, 0.717) is 0 Å². The molecule has 4 N–H and O–H groups in total. The van der Waals surface area contributed by atoms with Crippen molar-refractivity contribution in [3.8, 4) is 0 Å². The molecule has 0 aromatic heterocycles. The minimum atomic E-state index is -4.60. The maximum absolute atomic E-state index is 9.55. The second-order valence-corrected chi connectivity index (χ2v) is 2.41. The molecular weight excluding hydrogens is 128 g/mol. The summed E-state index contributed by atoms with van der Waals surface area (Å²) < 4.78 is 9.55. The first-order chi connectivity index (χ1) is 2.94. The smallest absolute Gasteiger partial charge is 1.00 e. The molecule has 0 heterocycles. The average molecular weight is 133 g/mol. The Labute approximate surface area is 59.1 Å². The predicted molar refractivity (Wildman–Crippen MR) is 22.7 cm³/mol. The molecule has 0 fully saturated rings. The third-order valence-electron chi connectivity index (χ3n) is 0.287. The van der Waals surface area contributed by atoms with Gasteiger partial charge in [0.25, 0.3) is 0 Å². The van der Waals surface area contributed by atoms with Crippen LogP contribution in [0.5, 0.6) is 0 Å². The second-order valence-electron chi connectivity index (χ2n) is 0.882. The molecule has 7 heteroatoms. The van der Waals surface area contributed by atoms with E-state index in [2.05, 4.69) is 5.73 Å². The Hall–Kier alpha value is 0.217. The molecule has 0 saturated carbocycles. The number of amides is 1. The number of hydrogen-bond acceptors (Lipinski definition) is 2. The first kappa shape index (κ1) is 11.1. The van der Waals surface area contributed by atoms with E-state index in [1.807, 2.05) is 0 Å². The van der Waals surface area contributed by atoms with E-state index in [0.717, 1.165) is 0 Å². The van der Waals surface area contributed by atoms with E-state index in [1.165, 1.54) is 0 Å². The number of nitrogens with two attached hydrogens (primary N) is 1. The van der Waals surface area contributed by atoms with Gasteiger partial charge in [-0.05, 0) is 0 Å². The van der Waals surface area contributed by atoms with Crippen LogP contribution >= 0.6 is 7.60 Å². The average Bonchev–Trinajstić information content (AvgIpc) is 1.31. The molecule has 0 aliphatic heterocycles. The Morgan fingerprint density at radius 1 is 1.62 bits per heavy atom. The Balaban J connectivity index is -0.000000180. The van der Waals surface area contributed by atoms with Gasteiger partial charge in [0.2, 0.25) is 0 Å². The van der Waals surface area contributed by atoms with Gasteiger partial charge in [-0.2, -0.15) is 0 Å². The summed E-state index contributed by atoms with van der Waals surface area (Å²) >= 11 is 0. The maximum atomic E-state index is 9.55. The summed E-state index contributed by atoms with van der Waals surface area (Å²) in [5, 5.41) is 0. The van der Waals surface area contributed by atoms with Crippen LogP contribution in [0.2, 0.25) is 0 Å². The zero-order valence-corrected chi connectivity index (χ0v) is 5.13. The van der Waals surface area contributed by atoms with Crippen molar-refractivity contribution in [1.82, 2.24) is 0 Å². The monoisotopic (exact) mass is 133 g/mol. The van der Waals surface area contributed by atoms with Crippen LogP contribution in [0.25, 0.3) is 0 Å². The first-order valence-electron chi connectivity index (χ1n) is 1.30. The predicted octanol–water partition coefficient (Wildman–Crippen LogP) is -3.64. The van der Waals surface area contributed by atoms with Gasteiger partial charge in [-0.3, -0.25) is 4.79 Å². The number of carbonyl (C=O) groups excluding carboxylic acids is 1. The molecule has 0 atom stereocenters. The van der Waals surface area contributed by atoms with Crippen LogP contribution in [-0.2, 0) is 4.57 Å². The van der Waals surface area contributed by atoms with Crippen molar-refractivity contribution < 1.29 is 39.4 Å². The summed E-state index contributed by atoms with van der Waals surface area (Å²) in [6.45, 7) is 0. The minimum absolute atomic E-state index is 0. The van der Waals surface area contributed by atoms with Crippen molar-refractivity contribution >= 4 is 13.2 Å². The fraction of sp³-hybridized carbons (Fsp3) is 0. The summed E-state index contributed by atoms with van der Waals surface area (Å²) in [6.07, 6.45) is 0. The quantitative estimate of drug-likeness (QED) is 0.253. The Morgan fingerprint density at radius 2 is 1.75 bits per heavy atom. The number of rotatable bonds is 1. The van der Waals surface area contributed by atoms with Gasteiger partial charge in [-0.15, -0.1) is 0 Å². The zero-order valence-electron chi connectivity index (χ0n) is 5.24. The molecule has 44 valence electrons. The fourth-order valence-corrected chi connectivity index (χ4v) is 0. The summed E-state index contributed by atoms with van der Waals surface area (Å²) in [4.78, 5) is 24.9. The summed E-state index contributed by atoms with van der Waals surface area (Å²) in [6, 6.07) is 0. The van der Waals surface area contributed by atoms with Crippen LogP contribution in [0.3, 0.4) is 0 Å². The van der Waals surface area contributed by atoms with Gasteiger partial charge in [0, 0.05) is 0 Å². The Bertz CT molecular complexity index is 133. The summed E-state index contributed by atoms with van der Waals surface area (Å²) in [5.74, 6) is 0. The Kier molecular flexibility index (Phi) is 4.55. The number of primary amides is 1. The van der Waals surface area contributed by atoms with Gasteiger partial charge in [0.1, 0.15) is 0 Å². The van der Waals surface area contributed by atoms with Gasteiger partial charge < -0.3 is 16.9 Å². The molecular formula is CH5LiNO4P.